The number of carbonyl (C=O) groups excluding carboxylic acids is 3. The third kappa shape index (κ3) is 5.53. The summed E-state index contributed by atoms with van der Waals surface area (Å²) in [5.74, 6) is -0.524. The standard InChI is InChI=1S/C20H27N3O3.ClH/c24-18(21-11-3-4-12-22-13-5-6-14-22)10-7-15-23-19(25)16-8-1-2-9-17(16)20(23)26;/h1-2,8-9H,3-7,10-15H2,(H,21,24);1H. The molecule has 1 saturated heterocycles. The Morgan fingerprint density at radius 2 is 1.56 bits per heavy atom. The van der Waals surface area contributed by atoms with Crippen LogP contribution in [0.5, 0.6) is 0 Å². The van der Waals surface area contributed by atoms with Gasteiger partial charge in [0.25, 0.3) is 11.8 Å². The number of amides is 3. The topological polar surface area (TPSA) is 69.7 Å². The van der Waals surface area contributed by atoms with Crippen LogP contribution in [0.15, 0.2) is 24.3 Å². The SMILES string of the molecule is Cl.O=C(CCCN1C(=O)c2ccccc2C1=O)NCCCCN1CCCC1. The van der Waals surface area contributed by atoms with Gasteiger partial charge in [-0.1, -0.05) is 12.1 Å². The normalized spacial score (nSPS) is 16.4. The van der Waals surface area contributed by atoms with Crippen molar-refractivity contribution in [1.29, 1.82) is 0 Å². The van der Waals surface area contributed by atoms with Crippen LogP contribution in [-0.4, -0.2) is 60.2 Å². The van der Waals surface area contributed by atoms with E-state index in [0.29, 0.717) is 30.5 Å². The van der Waals surface area contributed by atoms with Gasteiger partial charge < -0.3 is 10.2 Å². The molecule has 0 saturated carbocycles. The molecule has 1 N–H and O–H groups in total. The summed E-state index contributed by atoms with van der Waals surface area (Å²) >= 11 is 0. The molecule has 0 aromatic heterocycles. The number of fused-ring (bicyclic) bond motifs is 1. The monoisotopic (exact) mass is 393 g/mol. The smallest absolute Gasteiger partial charge is 0.261 e. The molecule has 0 aliphatic carbocycles. The summed E-state index contributed by atoms with van der Waals surface area (Å²) in [7, 11) is 0. The van der Waals surface area contributed by atoms with Gasteiger partial charge in [-0.15, -0.1) is 12.4 Å². The van der Waals surface area contributed by atoms with E-state index < -0.39 is 0 Å². The Hall–Kier alpha value is -1.92. The lowest BCUT2D eigenvalue weighted by atomic mass is 10.1. The predicted molar refractivity (Wildman–Crippen MR) is 106 cm³/mol. The zero-order valence-corrected chi connectivity index (χ0v) is 16.4. The van der Waals surface area contributed by atoms with Crippen LogP contribution in [0.4, 0.5) is 0 Å². The highest BCUT2D eigenvalue weighted by Crippen LogP contribution is 2.22. The van der Waals surface area contributed by atoms with Gasteiger partial charge in [0, 0.05) is 19.5 Å². The molecular weight excluding hydrogens is 366 g/mol. The van der Waals surface area contributed by atoms with Crippen LogP contribution in [0.3, 0.4) is 0 Å². The average molecular weight is 394 g/mol. The molecule has 0 atom stereocenters. The Morgan fingerprint density at radius 3 is 2.19 bits per heavy atom. The molecule has 148 valence electrons. The molecule has 1 fully saturated rings. The van der Waals surface area contributed by atoms with E-state index >= 15 is 0 Å². The largest absolute Gasteiger partial charge is 0.356 e. The van der Waals surface area contributed by atoms with E-state index in [2.05, 4.69) is 10.2 Å². The molecule has 0 radical (unpaired) electrons. The number of benzene rings is 1. The van der Waals surface area contributed by atoms with E-state index in [9.17, 15) is 14.4 Å². The Labute approximate surface area is 166 Å². The van der Waals surface area contributed by atoms with Gasteiger partial charge in [0.05, 0.1) is 11.1 Å². The molecule has 1 aromatic rings. The Balaban J connectivity index is 0.00000261. The van der Waals surface area contributed by atoms with E-state index in [1.54, 1.807) is 24.3 Å². The van der Waals surface area contributed by atoms with Crippen molar-refractivity contribution in [3.05, 3.63) is 35.4 Å². The quantitative estimate of drug-likeness (QED) is 0.517. The molecule has 3 rings (SSSR count). The van der Waals surface area contributed by atoms with E-state index in [-0.39, 0.29) is 36.7 Å². The minimum absolute atomic E-state index is 0. The van der Waals surface area contributed by atoms with Crippen molar-refractivity contribution >= 4 is 30.1 Å². The van der Waals surface area contributed by atoms with Gasteiger partial charge in [0.1, 0.15) is 0 Å². The fourth-order valence-corrected chi connectivity index (χ4v) is 3.62. The van der Waals surface area contributed by atoms with Gasteiger partial charge in [-0.25, -0.2) is 0 Å². The Morgan fingerprint density at radius 1 is 0.926 bits per heavy atom. The van der Waals surface area contributed by atoms with Crippen LogP contribution in [0.25, 0.3) is 0 Å². The number of imide groups is 1. The number of nitrogens with zero attached hydrogens (tertiary/aromatic N) is 2. The first-order valence-electron chi connectivity index (χ1n) is 9.61. The van der Waals surface area contributed by atoms with E-state index in [0.717, 1.165) is 19.4 Å². The van der Waals surface area contributed by atoms with Crippen molar-refractivity contribution in [3.63, 3.8) is 0 Å². The molecule has 0 bridgehead atoms. The summed E-state index contributed by atoms with van der Waals surface area (Å²) in [5.41, 5.74) is 0.917. The zero-order chi connectivity index (χ0) is 18.4. The van der Waals surface area contributed by atoms with Crippen molar-refractivity contribution in [3.8, 4) is 0 Å². The van der Waals surface area contributed by atoms with Crippen LogP contribution in [0.1, 0.15) is 59.2 Å². The second-order valence-corrected chi connectivity index (χ2v) is 7.02. The molecule has 1 aromatic carbocycles. The summed E-state index contributed by atoms with van der Waals surface area (Å²) in [6.07, 6.45) is 5.54. The lowest BCUT2D eigenvalue weighted by Crippen LogP contribution is -2.32. The third-order valence-corrected chi connectivity index (χ3v) is 5.09. The third-order valence-electron chi connectivity index (χ3n) is 5.09. The number of hydrogen-bond donors (Lipinski definition) is 1. The van der Waals surface area contributed by atoms with Crippen LogP contribution in [0.2, 0.25) is 0 Å². The first-order valence-corrected chi connectivity index (χ1v) is 9.61. The molecular formula is C20H28ClN3O3. The summed E-state index contributed by atoms with van der Waals surface area (Å²) in [6.45, 7) is 4.53. The maximum Gasteiger partial charge on any atom is 0.261 e. The maximum atomic E-state index is 12.2. The van der Waals surface area contributed by atoms with E-state index in [1.807, 2.05) is 0 Å². The van der Waals surface area contributed by atoms with Gasteiger partial charge >= 0.3 is 0 Å². The number of likely N-dealkylation sites (tertiary alicyclic amines) is 1. The van der Waals surface area contributed by atoms with Gasteiger partial charge in [0.15, 0.2) is 0 Å². The van der Waals surface area contributed by atoms with E-state index in [1.165, 1.54) is 30.8 Å². The summed E-state index contributed by atoms with van der Waals surface area (Å²) in [5, 5.41) is 2.93. The van der Waals surface area contributed by atoms with Crippen LogP contribution >= 0.6 is 12.4 Å². The van der Waals surface area contributed by atoms with Crippen molar-refractivity contribution in [2.24, 2.45) is 0 Å². The predicted octanol–water partition coefficient (Wildman–Crippen LogP) is 2.48. The number of nitrogens with one attached hydrogen (secondary N) is 1. The van der Waals surface area contributed by atoms with Gasteiger partial charge in [-0.05, 0) is 63.9 Å². The number of halogens is 1. The minimum atomic E-state index is -0.257. The molecule has 2 heterocycles. The maximum absolute atomic E-state index is 12.2. The summed E-state index contributed by atoms with van der Waals surface area (Å²) in [4.78, 5) is 40.1. The lowest BCUT2D eigenvalue weighted by molar-refractivity contribution is -0.121. The van der Waals surface area contributed by atoms with E-state index in [4.69, 9.17) is 0 Å². The highest BCUT2D eigenvalue weighted by molar-refractivity contribution is 6.21. The summed E-state index contributed by atoms with van der Waals surface area (Å²) in [6, 6.07) is 6.85. The van der Waals surface area contributed by atoms with Crippen molar-refractivity contribution < 1.29 is 14.4 Å². The van der Waals surface area contributed by atoms with Crippen molar-refractivity contribution in [1.82, 2.24) is 15.1 Å². The Bertz CT molecular complexity index is 639. The minimum Gasteiger partial charge on any atom is -0.356 e. The van der Waals surface area contributed by atoms with Gasteiger partial charge in [0.2, 0.25) is 5.91 Å². The van der Waals surface area contributed by atoms with Gasteiger partial charge in [-0.3, -0.25) is 19.3 Å². The molecule has 6 nitrogen and oxygen atoms in total. The highest BCUT2D eigenvalue weighted by atomic mass is 35.5. The molecule has 0 unspecified atom stereocenters. The Kier molecular flexibility index (Phi) is 8.25. The molecule has 0 spiro atoms. The summed E-state index contributed by atoms with van der Waals surface area (Å²) < 4.78 is 0. The first kappa shape index (κ1) is 21.4. The van der Waals surface area contributed by atoms with Crippen molar-refractivity contribution in [2.75, 3.05) is 32.7 Å². The van der Waals surface area contributed by atoms with Crippen LogP contribution in [-0.2, 0) is 4.79 Å². The fraction of sp³-hybridized carbons (Fsp3) is 0.550. The van der Waals surface area contributed by atoms with Crippen LogP contribution in [0, 0.1) is 0 Å². The number of hydrogen-bond acceptors (Lipinski definition) is 4. The number of unbranched alkanes of at least 4 members (excludes halogenated alkanes) is 1. The molecule has 3 amide bonds. The fourth-order valence-electron chi connectivity index (χ4n) is 3.62. The van der Waals surface area contributed by atoms with Gasteiger partial charge in [-0.2, -0.15) is 0 Å². The lowest BCUT2D eigenvalue weighted by Gasteiger charge is -2.14. The van der Waals surface area contributed by atoms with Crippen molar-refractivity contribution in [2.45, 2.75) is 38.5 Å². The average Bonchev–Trinajstić information content (AvgIpc) is 3.24. The molecule has 2 aliphatic rings. The number of carbonyl (C=O) groups is 3. The zero-order valence-electron chi connectivity index (χ0n) is 15.6. The molecule has 27 heavy (non-hydrogen) atoms. The van der Waals surface area contributed by atoms with Crippen LogP contribution < -0.4 is 5.32 Å². The first-order chi connectivity index (χ1) is 12.7. The highest BCUT2D eigenvalue weighted by Gasteiger charge is 2.34. The number of rotatable bonds is 9. The molecule has 7 heteroatoms. The second kappa shape index (κ2) is 10.4. The molecule has 2 aliphatic heterocycles. The second-order valence-electron chi connectivity index (χ2n) is 7.02.